The maximum absolute atomic E-state index is 13.7. The molecule has 2 heterocycles. The lowest BCUT2D eigenvalue weighted by atomic mass is 9.94. The Hall–Kier alpha value is -2.99. The number of fused-ring (bicyclic) bond motifs is 1. The molecule has 30 heavy (non-hydrogen) atoms. The predicted molar refractivity (Wildman–Crippen MR) is 114 cm³/mol. The van der Waals surface area contributed by atoms with E-state index >= 15 is 0 Å². The Morgan fingerprint density at radius 2 is 1.90 bits per heavy atom. The molecule has 0 bridgehead atoms. The van der Waals surface area contributed by atoms with Gasteiger partial charge in [0.25, 0.3) is 5.56 Å². The Balaban J connectivity index is 1.46. The number of carbonyl (C=O) groups excluding carboxylic acids is 1. The van der Waals surface area contributed by atoms with E-state index in [1.165, 1.54) is 0 Å². The molecule has 1 saturated carbocycles. The van der Waals surface area contributed by atoms with Gasteiger partial charge in [0.05, 0.1) is 29.0 Å². The summed E-state index contributed by atoms with van der Waals surface area (Å²) in [5.41, 5.74) is 1.07. The monoisotopic (exact) mass is 403 g/mol. The van der Waals surface area contributed by atoms with Crippen molar-refractivity contribution in [2.24, 2.45) is 0 Å². The molecule has 6 heteroatoms. The van der Waals surface area contributed by atoms with Crippen molar-refractivity contribution in [2.75, 3.05) is 13.2 Å². The second-order valence-corrected chi connectivity index (χ2v) is 8.30. The topological polar surface area (TPSA) is 75.3 Å². The zero-order valence-electron chi connectivity index (χ0n) is 16.8. The fourth-order valence-corrected chi connectivity index (χ4v) is 4.45. The molecular formula is C24H25N3O3. The van der Waals surface area contributed by atoms with Crippen LogP contribution in [0.25, 0.3) is 10.9 Å². The summed E-state index contributed by atoms with van der Waals surface area (Å²) in [6.07, 6.45) is 3.69. The lowest BCUT2D eigenvalue weighted by molar-refractivity contribution is -0.136. The van der Waals surface area contributed by atoms with Gasteiger partial charge in [-0.15, -0.1) is 0 Å². The van der Waals surface area contributed by atoms with E-state index in [0.717, 1.165) is 37.9 Å². The number of benzene rings is 2. The van der Waals surface area contributed by atoms with Crippen molar-refractivity contribution in [3.05, 3.63) is 76.3 Å². The van der Waals surface area contributed by atoms with Crippen LogP contribution in [0.4, 0.5) is 0 Å². The largest absolute Gasteiger partial charge is 0.376 e. The number of rotatable bonds is 6. The summed E-state index contributed by atoms with van der Waals surface area (Å²) in [7, 11) is 0. The third-order valence-corrected chi connectivity index (χ3v) is 6.22. The summed E-state index contributed by atoms with van der Waals surface area (Å²) in [5, 5.41) is 0.557. The quantitative estimate of drug-likeness (QED) is 0.686. The van der Waals surface area contributed by atoms with Crippen LogP contribution in [0, 0.1) is 0 Å². The van der Waals surface area contributed by atoms with Crippen molar-refractivity contribution in [2.45, 2.75) is 43.7 Å². The van der Waals surface area contributed by atoms with E-state index in [-0.39, 0.29) is 24.1 Å². The summed E-state index contributed by atoms with van der Waals surface area (Å²) in [4.78, 5) is 35.5. The smallest absolute Gasteiger partial charge is 0.258 e. The highest BCUT2D eigenvalue weighted by molar-refractivity contribution is 5.91. The Kier molecular flexibility index (Phi) is 4.87. The second-order valence-electron chi connectivity index (χ2n) is 8.30. The van der Waals surface area contributed by atoms with Gasteiger partial charge in [-0.2, -0.15) is 0 Å². The third-order valence-electron chi connectivity index (χ3n) is 6.22. The van der Waals surface area contributed by atoms with Crippen LogP contribution in [0.15, 0.2) is 59.4 Å². The van der Waals surface area contributed by atoms with E-state index in [4.69, 9.17) is 4.74 Å². The zero-order chi connectivity index (χ0) is 20.6. The van der Waals surface area contributed by atoms with Crippen molar-refractivity contribution >= 4 is 16.8 Å². The maximum Gasteiger partial charge on any atom is 0.258 e. The molecule has 1 aliphatic heterocycles. The van der Waals surface area contributed by atoms with Crippen LogP contribution < -0.4 is 5.56 Å². The van der Waals surface area contributed by atoms with E-state index in [0.29, 0.717) is 23.3 Å². The Labute approximate surface area is 174 Å². The molecule has 0 unspecified atom stereocenters. The fourth-order valence-electron chi connectivity index (χ4n) is 4.45. The first-order valence-electron chi connectivity index (χ1n) is 10.6. The van der Waals surface area contributed by atoms with Crippen LogP contribution in [0.3, 0.4) is 0 Å². The summed E-state index contributed by atoms with van der Waals surface area (Å²) >= 11 is 0. The maximum atomic E-state index is 13.7. The number of ether oxygens (including phenoxy) is 1. The number of aromatic nitrogens is 2. The number of nitrogens with zero attached hydrogens (tertiary/aromatic N) is 2. The average Bonchev–Trinajstić information content (AvgIpc) is 3.43. The molecule has 5 rings (SSSR count). The molecule has 6 nitrogen and oxygen atoms in total. The van der Waals surface area contributed by atoms with Gasteiger partial charge in [0, 0.05) is 13.2 Å². The number of H-pyrrole nitrogens is 1. The third kappa shape index (κ3) is 3.52. The van der Waals surface area contributed by atoms with Crippen molar-refractivity contribution in [3.8, 4) is 0 Å². The fraction of sp³-hybridized carbons (Fsp3) is 0.375. The summed E-state index contributed by atoms with van der Waals surface area (Å²) in [6.45, 7) is 1.53. The number of aromatic amines is 1. The van der Waals surface area contributed by atoms with E-state index in [2.05, 4.69) is 9.97 Å². The molecule has 1 aliphatic carbocycles. The number of nitrogens with one attached hydrogen (secondary N) is 1. The van der Waals surface area contributed by atoms with E-state index in [1.54, 1.807) is 6.07 Å². The van der Waals surface area contributed by atoms with Gasteiger partial charge in [-0.3, -0.25) is 9.59 Å². The molecule has 1 amide bonds. The molecular weight excluding hydrogens is 378 g/mol. The van der Waals surface area contributed by atoms with Gasteiger partial charge in [-0.25, -0.2) is 4.98 Å². The van der Waals surface area contributed by atoms with Crippen molar-refractivity contribution in [3.63, 3.8) is 0 Å². The lowest BCUT2D eigenvalue weighted by Crippen LogP contribution is -2.43. The first kappa shape index (κ1) is 19.0. The van der Waals surface area contributed by atoms with Gasteiger partial charge in [0.2, 0.25) is 5.91 Å². The van der Waals surface area contributed by atoms with E-state index in [9.17, 15) is 9.59 Å². The average molecular weight is 403 g/mol. The first-order valence-corrected chi connectivity index (χ1v) is 10.6. The molecule has 0 radical (unpaired) electrons. The van der Waals surface area contributed by atoms with E-state index < -0.39 is 5.41 Å². The first-order chi connectivity index (χ1) is 14.7. The number of hydrogen-bond acceptors (Lipinski definition) is 4. The number of hydrogen-bond donors (Lipinski definition) is 1. The molecule has 1 N–H and O–H groups in total. The molecule has 2 aliphatic rings. The predicted octanol–water partition coefficient (Wildman–Crippen LogP) is 3.16. The summed E-state index contributed by atoms with van der Waals surface area (Å²) < 4.78 is 5.82. The zero-order valence-corrected chi connectivity index (χ0v) is 16.8. The van der Waals surface area contributed by atoms with Crippen LogP contribution in [-0.2, 0) is 21.5 Å². The standard InChI is InChI=1S/C24H25N3O3/c28-22-19-10-4-5-11-20(19)25-21(26-22)16-27(15-18-9-6-14-30-18)23(29)24(12-13-24)17-7-2-1-3-8-17/h1-5,7-8,10-11,18H,6,9,12-16H2,(H,25,26,28)/t18-/m0/s1. The molecule has 154 valence electrons. The molecule has 1 atom stereocenters. The van der Waals surface area contributed by atoms with E-state index in [1.807, 2.05) is 53.4 Å². The second kappa shape index (κ2) is 7.69. The minimum absolute atomic E-state index is 0.0349. The summed E-state index contributed by atoms with van der Waals surface area (Å²) in [6, 6.07) is 17.3. The van der Waals surface area contributed by atoms with Crippen LogP contribution in [0.1, 0.15) is 37.1 Å². The Morgan fingerprint density at radius 1 is 1.13 bits per heavy atom. The SMILES string of the molecule is O=C(N(Cc1nc2ccccc2c(=O)[nH]1)C[C@@H]1CCCO1)C1(c2ccccc2)CC1. The van der Waals surface area contributed by atoms with Gasteiger partial charge in [0.1, 0.15) is 5.82 Å². The van der Waals surface area contributed by atoms with Crippen molar-refractivity contribution in [1.82, 2.24) is 14.9 Å². The molecule has 1 saturated heterocycles. The molecule has 3 aromatic rings. The van der Waals surface area contributed by atoms with Gasteiger partial charge < -0.3 is 14.6 Å². The molecule has 1 aromatic heterocycles. The number of para-hydroxylation sites is 1. The van der Waals surface area contributed by atoms with Crippen LogP contribution in [-0.4, -0.2) is 40.0 Å². The van der Waals surface area contributed by atoms with Gasteiger partial charge in [-0.05, 0) is 43.4 Å². The molecule has 2 fully saturated rings. The number of amides is 1. The highest BCUT2D eigenvalue weighted by Gasteiger charge is 2.53. The highest BCUT2D eigenvalue weighted by Crippen LogP contribution is 2.49. The van der Waals surface area contributed by atoms with Crippen LogP contribution in [0.2, 0.25) is 0 Å². The van der Waals surface area contributed by atoms with Crippen molar-refractivity contribution in [1.29, 1.82) is 0 Å². The van der Waals surface area contributed by atoms with Gasteiger partial charge in [-0.1, -0.05) is 42.5 Å². The summed E-state index contributed by atoms with van der Waals surface area (Å²) in [5.74, 6) is 0.605. The Morgan fingerprint density at radius 3 is 2.63 bits per heavy atom. The van der Waals surface area contributed by atoms with Gasteiger partial charge >= 0.3 is 0 Å². The minimum atomic E-state index is -0.461. The van der Waals surface area contributed by atoms with Crippen LogP contribution in [0.5, 0.6) is 0 Å². The highest BCUT2D eigenvalue weighted by atomic mass is 16.5. The van der Waals surface area contributed by atoms with Crippen LogP contribution >= 0.6 is 0 Å². The lowest BCUT2D eigenvalue weighted by Gasteiger charge is -2.29. The number of carbonyl (C=O) groups is 1. The molecule has 0 spiro atoms. The Bertz CT molecular complexity index is 1120. The minimum Gasteiger partial charge on any atom is -0.376 e. The van der Waals surface area contributed by atoms with Crippen molar-refractivity contribution < 1.29 is 9.53 Å². The normalized spacial score (nSPS) is 19.7. The molecule has 2 aromatic carbocycles. The van der Waals surface area contributed by atoms with Gasteiger partial charge in [0.15, 0.2) is 0 Å².